The zero-order chi connectivity index (χ0) is 17.6. The molecule has 1 heterocycles. The van der Waals surface area contributed by atoms with Crippen LogP contribution in [0.1, 0.15) is 24.2 Å². The smallest absolute Gasteiger partial charge is 0.187 e. The molecule has 0 aliphatic carbocycles. The molecule has 3 rings (SSSR count). The van der Waals surface area contributed by atoms with Crippen molar-refractivity contribution in [3.05, 3.63) is 70.2 Å². The third-order valence-corrected chi connectivity index (χ3v) is 5.03. The molecule has 0 aliphatic rings. The summed E-state index contributed by atoms with van der Waals surface area (Å²) < 4.78 is 5.17. The van der Waals surface area contributed by atoms with E-state index in [1.807, 2.05) is 36.4 Å². The highest BCUT2D eigenvalue weighted by molar-refractivity contribution is 7.13. The first-order valence-electron chi connectivity index (χ1n) is 8.08. The van der Waals surface area contributed by atoms with Crippen molar-refractivity contribution in [2.45, 2.75) is 19.5 Å². The molecule has 0 amide bonds. The van der Waals surface area contributed by atoms with E-state index in [1.165, 1.54) is 5.56 Å². The van der Waals surface area contributed by atoms with E-state index >= 15 is 0 Å². The first kappa shape index (κ1) is 17.7. The predicted octanol–water partition coefficient (Wildman–Crippen LogP) is 4.37. The van der Waals surface area contributed by atoms with E-state index in [9.17, 15) is 0 Å². The number of quaternary nitrogens is 1. The number of aromatic nitrogens is 1. The van der Waals surface area contributed by atoms with Crippen LogP contribution in [0.25, 0.3) is 0 Å². The fourth-order valence-electron chi connectivity index (χ4n) is 2.46. The molecule has 0 bridgehead atoms. The number of thiazole rings is 1. The molecule has 3 N–H and O–H groups in total. The summed E-state index contributed by atoms with van der Waals surface area (Å²) in [4.78, 5) is 4.65. The minimum absolute atomic E-state index is 0.358. The molecule has 0 radical (unpaired) electrons. The van der Waals surface area contributed by atoms with E-state index in [0.29, 0.717) is 6.04 Å². The van der Waals surface area contributed by atoms with Crippen molar-refractivity contribution < 1.29 is 10.1 Å². The van der Waals surface area contributed by atoms with Crippen LogP contribution < -0.4 is 15.4 Å². The highest BCUT2D eigenvalue weighted by atomic mass is 35.5. The predicted molar refractivity (Wildman–Crippen MR) is 104 cm³/mol. The van der Waals surface area contributed by atoms with E-state index < -0.39 is 0 Å². The molecular weight excluding hydrogens is 354 g/mol. The lowest BCUT2D eigenvalue weighted by Crippen LogP contribution is -2.83. The summed E-state index contributed by atoms with van der Waals surface area (Å²) in [6, 6.07) is 16.2. The first-order chi connectivity index (χ1) is 12.1. The average Bonchev–Trinajstić information content (AvgIpc) is 3.08. The minimum Gasteiger partial charge on any atom is -0.497 e. The average molecular weight is 375 g/mol. The van der Waals surface area contributed by atoms with Crippen molar-refractivity contribution in [3.8, 4) is 5.75 Å². The van der Waals surface area contributed by atoms with Crippen molar-refractivity contribution in [1.29, 1.82) is 0 Å². The lowest BCUT2D eigenvalue weighted by molar-refractivity contribution is -0.708. The Labute approximate surface area is 156 Å². The molecule has 0 aliphatic heterocycles. The van der Waals surface area contributed by atoms with Gasteiger partial charge in [-0.25, -0.2) is 4.98 Å². The molecular formula is C19H21ClN3OS+. The number of halogens is 1. The van der Waals surface area contributed by atoms with Gasteiger partial charge in [-0.05, 0) is 43.3 Å². The van der Waals surface area contributed by atoms with Gasteiger partial charge >= 0.3 is 0 Å². The van der Waals surface area contributed by atoms with E-state index in [0.717, 1.165) is 33.8 Å². The second-order valence-corrected chi connectivity index (χ2v) is 7.07. The summed E-state index contributed by atoms with van der Waals surface area (Å²) in [6.45, 7) is 3.02. The monoisotopic (exact) mass is 374 g/mol. The number of hydrogen-bond acceptors (Lipinski definition) is 4. The Morgan fingerprint density at radius 1 is 1.16 bits per heavy atom. The summed E-state index contributed by atoms with van der Waals surface area (Å²) in [7, 11) is 1.66. The zero-order valence-electron chi connectivity index (χ0n) is 14.2. The van der Waals surface area contributed by atoms with Crippen LogP contribution in [0, 0.1) is 0 Å². The first-order valence-corrected chi connectivity index (χ1v) is 9.34. The second kappa shape index (κ2) is 8.34. The molecule has 0 unspecified atom stereocenters. The number of nitrogens with two attached hydrogens (primary N) is 1. The number of methoxy groups -OCH3 is 1. The van der Waals surface area contributed by atoms with Crippen molar-refractivity contribution in [1.82, 2.24) is 4.98 Å². The Morgan fingerprint density at radius 2 is 1.88 bits per heavy atom. The number of anilines is 2. The number of benzene rings is 2. The Hall–Kier alpha value is -2.08. The molecule has 4 nitrogen and oxygen atoms in total. The fraction of sp³-hybridized carbons (Fsp3) is 0.211. The van der Waals surface area contributed by atoms with Crippen LogP contribution in [0.3, 0.4) is 0 Å². The normalized spacial score (nSPS) is 12.0. The summed E-state index contributed by atoms with van der Waals surface area (Å²) >= 11 is 7.56. The van der Waals surface area contributed by atoms with Gasteiger partial charge in [-0.15, -0.1) is 11.3 Å². The van der Waals surface area contributed by atoms with Crippen molar-refractivity contribution in [3.63, 3.8) is 0 Å². The van der Waals surface area contributed by atoms with Crippen molar-refractivity contribution in [2.75, 3.05) is 12.4 Å². The topological polar surface area (TPSA) is 50.8 Å². The van der Waals surface area contributed by atoms with Crippen LogP contribution in [0.15, 0.2) is 53.9 Å². The van der Waals surface area contributed by atoms with Gasteiger partial charge in [0.15, 0.2) is 5.13 Å². The molecule has 25 heavy (non-hydrogen) atoms. The maximum Gasteiger partial charge on any atom is 0.187 e. The number of ether oxygens (including phenoxy) is 1. The molecule has 0 saturated carbocycles. The van der Waals surface area contributed by atoms with Gasteiger partial charge in [0.2, 0.25) is 0 Å². The van der Waals surface area contributed by atoms with Crippen LogP contribution in [0.5, 0.6) is 5.75 Å². The highest BCUT2D eigenvalue weighted by Crippen LogP contribution is 2.22. The molecule has 1 aromatic heterocycles. The highest BCUT2D eigenvalue weighted by Gasteiger charge is 2.10. The Morgan fingerprint density at radius 3 is 2.56 bits per heavy atom. The maximum absolute atomic E-state index is 5.94. The number of nitrogens with zero attached hydrogens (tertiary/aromatic N) is 1. The Kier molecular flexibility index (Phi) is 5.91. The van der Waals surface area contributed by atoms with E-state index in [4.69, 9.17) is 16.3 Å². The molecule has 1 atom stereocenters. The van der Waals surface area contributed by atoms with Gasteiger partial charge in [0.25, 0.3) is 0 Å². The molecule has 2 aromatic carbocycles. The third-order valence-electron chi connectivity index (χ3n) is 3.97. The quantitative estimate of drug-likeness (QED) is 0.645. The van der Waals surface area contributed by atoms with Gasteiger partial charge in [-0.2, -0.15) is 0 Å². The second-order valence-electron chi connectivity index (χ2n) is 5.78. The van der Waals surface area contributed by atoms with E-state index in [-0.39, 0.29) is 0 Å². The van der Waals surface area contributed by atoms with Crippen molar-refractivity contribution in [2.24, 2.45) is 0 Å². The fourth-order valence-corrected chi connectivity index (χ4v) is 3.33. The van der Waals surface area contributed by atoms with Crippen molar-refractivity contribution >= 4 is 33.8 Å². The lowest BCUT2D eigenvalue weighted by atomic mass is 10.1. The van der Waals surface area contributed by atoms with Gasteiger partial charge in [0, 0.05) is 21.7 Å². The zero-order valence-corrected chi connectivity index (χ0v) is 15.8. The van der Waals surface area contributed by atoms with Gasteiger partial charge in [-0.3, -0.25) is 0 Å². The standard InChI is InChI=1S/C19H20ClN3OS/c1-13(14-3-5-15(20)6-4-14)21-11-17-12-25-19(23-17)22-16-7-9-18(24-2)10-8-16/h3-10,12-13,21H,11H2,1-2H3,(H,22,23)/p+1/t13-/m1/s1. The SMILES string of the molecule is COc1ccc(Nc2nc(C[NH2+][C@H](C)c3ccc(Cl)cc3)cs2)cc1. The minimum atomic E-state index is 0.358. The van der Waals surface area contributed by atoms with Crippen LogP contribution in [0.2, 0.25) is 5.02 Å². The number of nitrogens with one attached hydrogen (secondary N) is 1. The number of hydrogen-bond donors (Lipinski definition) is 2. The maximum atomic E-state index is 5.94. The van der Waals surface area contributed by atoms with Gasteiger partial charge in [0.05, 0.1) is 7.11 Å². The summed E-state index contributed by atoms with van der Waals surface area (Å²) in [5, 5.41) is 9.36. The van der Waals surface area contributed by atoms with Gasteiger partial charge < -0.3 is 15.4 Å². The molecule has 130 valence electrons. The van der Waals surface area contributed by atoms with Crippen LogP contribution in [-0.4, -0.2) is 12.1 Å². The molecule has 0 spiro atoms. The summed E-state index contributed by atoms with van der Waals surface area (Å²) in [5.41, 5.74) is 3.33. The number of rotatable bonds is 7. The van der Waals surface area contributed by atoms with Crippen LogP contribution >= 0.6 is 22.9 Å². The molecule has 0 saturated heterocycles. The van der Waals surface area contributed by atoms with Crippen LogP contribution in [-0.2, 0) is 6.54 Å². The van der Waals surface area contributed by atoms with Gasteiger partial charge in [0.1, 0.15) is 24.0 Å². The van der Waals surface area contributed by atoms with Crippen LogP contribution in [0.4, 0.5) is 10.8 Å². The largest absolute Gasteiger partial charge is 0.497 e. The molecule has 3 aromatic rings. The molecule has 6 heteroatoms. The summed E-state index contributed by atoms with van der Waals surface area (Å²) in [6.07, 6.45) is 0. The molecule has 0 fully saturated rings. The third kappa shape index (κ3) is 4.95. The lowest BCUT2D eigenvalue weighted by Gasteiger charge is -2.10. The summed E-state index contributed by atoms with van der Waals surface area (Å²) in [5.74, 6) is 0.844. The Bertz CT molecular complexity index is 802. The van der Waals surface area contributed by atoms with Gasteiger partial charge in [-0.1, -0.05) is 23.7 Å². The Balaban J connectivity index is 1.55. The van der Waals surface area contributed by atoms with E-state index in [1.54, 1.807) is 18.4 Å². The van der Waals surface area contributed by atoms with E-state index in [2.05, 4.69) is 40.1 Å².